The van der Waals surface area contributed by atoms with Crippen LogP contribution in [0.1, 0.15) is 38.7 Å². The minimum atomic E-state index is -0.326. The Hall–Kier alpha value is -1.91. The van der Waals surface area contributed by atoms with Crippen molar-refractivity contribution < 1.29 is 14.0 Å². The van der Waals surface area contributed by atoms with E-state index < -0.39 is 0 Å². The lowest BCUT2D eigenvalue weighted by molar-refractivity contribution is -0.134. The number of carbonyl (C=O) groups is 2. The molecule has 4 nitrogen and oxygen atoms in total. The van der Waals surface area contributed by atoms with Gasteiger partial charge >= 0.3 is 0 Å². The number of rotatable bonds is 8. The van der Waals surface area contributed by atoms with Gasteiger partial charge in [-0.2, -0.15) is 0 Å². The lowest BCUT2D eigenvalue weighted by Gasteiger charge is -2.21. The smallest absolute Gasteiger partial charge is 0.226 e. The molecule has 5 heteroatoms. The molecule has 0 radical (unpaired) electrons. The molecule has 2 atom stereocenters. The van der Waals surface area contributed by atoms with E-state index in [-0.39, 0.29) is 36.0 Å². The molecule has 1 fully saturated rings. The van der Waals surface area contributed by atoms with E-state index in [0.29, 0.717) is 12.0 Å². The summed E-state index contributed by atoms with van der Waals surface area (Å²) in [7, 11) is 0. The van der Waals surface area contributed by atoms with Crippen molar-refractivity contribution in [1.29, 1.82) is 0 Å². The number of amides is 2. The van der Waals surface area contributed by atoms with E-state index in [0.717, 1.165) is 25.9 Å². The van der Waals surface area contributed by atoms with Crippen molar-refractivity contribution in [2.45, 2.75) is 39.7 Å². The highest BCUT2D eigenvalue weighted by Gasteiger charge is 2.49. The molecule has 1 aromatic rings. The average molecular weight is 320 g/mol. The average Bonchev–Trinajstić information content (AvgIpc) is 3.33. The first kappa shape index (κ1) is 17.4. The van der Waals surface area contributed by atoms with Crippen molar-refractivity contribution in [3.63, 3.8) is 0 Å². The van der Waals surface area contributed by atoms with Crippen molar-refractivity contribution in [2.75, 3.05) is 13.1 Å². The Morgan fingerprint density at radius 2 is 1.83 bits per heavy atom. The standard InChI is InChI=1S/C18H25FN2O2/c1-3-9-21(10-4-2)18(23)15-11-14(15)17(22)20-12-13-7-5-6-8-16(13)19/h5-8,14-15H,3-4,9-12H2,1-2H3,(H,20,22). The number of hydrogen-bond acceptors (Lipinski definition) is 2. The molecule has 2 amide bonds. The first-order valence-corrected chi connectivity index (χ1v) is 8.38. The van der Waals surface area contributed by atoms with Crippen LogP contribution in [0.15, 0.2) is 24.3 Å². The molecule has 1 aromatic carbocycles. The molecule has 2 unspecified atom stereocenters. The second kappa shape index (κ2) is 8.09. The Morgan fingerprint density at radius 1 is 1.17 bits per heavy atom. The van der Waals surface area contributed by atoms with Crippen LogP contribution in [0.25, 0.3) is 0 Å². The summed E-state index contributed by atoms with van der Waals surface area (Å²) in [4.78, 5) is 26.4. The van der Waals surface area contributed by atoms with Gasteiger partial charge in [0, 0.05) is 25.2 Å². The molecule has 0 saturated heterocycles. The Bertz CT molecular complexity index is 556. The van der Waals surface area contributed by atoms with Gasteiger partial charge in [0.2, 0.25) is 11.8 Å². The zero-order valence-corrected chi connectivity index (χ0v) is 13.8. The minimum absolute atomic E-state index is 0.0831. The molecule has 0 aliphatic heterocycles. The third-order valence-electron chi connectivity index (χ3n) is 4.15. The lowest BCUT2D eigenvalue weighted by atomic mass is 10.2. The molecule has 1 N–H and O–H groups in total. The molecule has 1 aliphatic rings. The summed E-state index contributed by atoms with van der Waals surface area (Å²) >= 11 is 0. The third-order valence-corrected chi connectivity index (χ3v) is 4.15. The van der Waals surface area contributed by atoms with E-state index in [1.807, 2.05) is 18.7 Å². The van der Waals surface area contributed by atoms with Crippen LogP contribution in [0.2, 0.25) is 0 Å². The van der Waals surface area contributed by atoms with E-state index in [4.69, 9.17) is 0 Å². The summed E-state index contributed by atoms with van der Waals surface area (Å²) in [6, 6.07) is 6.38. The number of halogens is 1. The van der Waals surface area contributed by atoms with Crippen molar-refractivity contribution in [3.05, 3.63) is 35.6 Å². The second-order valence-corrected chi connectivity index (χ2v) is 6.08. The first-order chi connectivity index (χ1) is 11.1. The van der Waals surface area contributed by atoms with Gasteiger partial charge in [-0.15, -0.1) is 0 Å². The van der Waals surface area contributed by atoms with Gasteiger partial charge in [0.15, 0.2) is 0 Å². The lowest BCUT2D eigenvalue weighted by Crippen LogP contribution is -2.35. The minimum Gasteiger partial charge on any atom is -0.352 e. The molecule has 0 aromatic heterocycles. The summed E-state index contributed by atoms with van der Waals surface area (Å²) in [5.41, 5.74) is 0.461. The van der Waals surface area contributed by atoms with E-state index in [9.17, 15) is 14.0 Å². The molecular weight excluding hydrogens is 295 g/mol. The van der Waals surface area contributed by atoms with Crippen molar-refractivity contribution in [1.82, 2.24) is 10.2 Å². The summed E-state index contributed by atoms with van der Waals surface area (Å²) in [5, 5.41) is 2.74. The number of hydrogen-bond donors (Lipinski definition) is 1. The highest BCUT2D eigenvalue weighted by Crippen LogP contribution is 2.40. The van der Waals surface area contributed by atoms with Crippen LogP contribution in [-0.2, 0) is 16.1 Å². The first-order valence-electron chi connectivity index (χ1n) is 8.38. The monoisotopic (exact) mass is 320 g/mol. The van der Waals surface area contributed by atoms with Gasteiger partial charge in [-0.25, -0.2) is 4.39 Å². The summed E-state index contributed by atoms with van der Waals surface area (Å²) in [5.74, 6) is -0.855. The molecular formula is C18H25FN2O2. The van der Waals surface area contributed by atoms with Gasteiger partial charge in [0.05, 0.1) is 11.8 Å². The molecule has 1 saturated carbocycles. The van der Waals surface area contributed by atoms with Crippen LogP contribution in [0.4, 0.5) is 4.39 Å². The van der Waals surface area contributed by atoms with Gasteiger partial charge in [-0.1, -0.05) is 32.0 Å². The summed E-state index contributed by atoms with van der Waals surface area (Å²) in [6.07, 6.45) is 2.44. The topological polar surface area (TPSA) is 49.4 Å². The van der Waals surface area contributed by atoms with Crippen LogP contribution in [0.5, 0.6) is 0 Å². The number of nitrogens with one attached hydrogen (secondary N) is 1. The van der Waals surface area contributed by atoms with E-state index >= 15 is 0 Å². The maximum atomic E-state index is 13.5. The van der Waals surface area contributed by atoms with Crippen molar-refractivity contribution in [2.24, 2.45) is 11.8 Å². The maximum absolute atomic E-state index is 13.5. The molecule has 2 rings (SSSR count). The van der Waals surface area contributed by atoms with Crippen LogP contribution in [0.3, 0.4) is 0 Å². The van der Waals surface area contributed by atoms with Gasteiger partial charge < -0.3 is 10.2 Å². The van der Waals surface area contributed by atoms with Gasteiger partial charge in [0.25, 0.3) is 0 Å². The largest absolute Gasteiger partial charge is 0.352 e. The molecule has 1 aliphatic carbocycles. The molecule has 0 bridgehead atoms. The van der Waals surface area contributed by atoms with E-state index in [1.54, 1.807) is 18.2 Å². The number of carbonyl (C=O) groups excluding carboxylic acids is 2. The summed E-state index contributed by atoms with van der Waals surface area (Å²) < 4.78 is 13.5. The third kappa shape index (κ3) is 4.53. The maximum Gasteiger partial charge on any atom is 0.226 e. The Balaban J connectivity index is 1.84. The van der Waals surface area contributed by atoms with Crippen LogP contribution in [0, 0.1) is 17.7 Å². The Labute approximate surface area is 137 Å². The quantitative estimate of drug-likeness (QED) is 0.801. The number of nitrogens with zero attached hydrogens (tertiary/aromatic N) is 1. The fourth-order valence-electron chi connectivity index (χ4n) is 2.82. The highest BCUT2D eigenvalue weighted by atomic mass is 19.1. The van der Waals surface area contributed by atoms with Gasteiger partial charge in [-0.3, -0.25) is 9.59 Å². The zero-order chi connectivity index (χ0) is 16.8. The van der Waals surface area contributed by atoms with E-state index in [1.165, 1.54) is 6.07 Å². The fraction of sp³-hybridized carbons (Fsp3) is 0.556. The van der Waals surface area contributed by atoms with Gasteiger partial charge in [-0.05, 0) is 25.3 Å². The van der Waals surface area contributed by atoms with Crippen LogP contribution < -0.4 is 5.32 Å². The predicted octanol–water partition coefficient (Wildman–Crippen LogP) is 2.73. The fourth-order valence-corrected chi connectivity index (χ4v) is 2.82. The normalized spacial score (nSPS) is 19.3. The van der Waals surface area contributed by atoms with Crippen molar-refractivity contribution in [3.8, 4) is 0 Å². The Kier molecular flexibility index (Phi) is 6.13. The molecule has 126 valence electrons. The predicted molar refractivity (Wildman–Crippen MR) is 87.0 cm³/mol. The molecule has 23 heavy (non-hydrogen) atoms. The van der Waals surface area contributed by atoms with Crippen molar-refractivity contribution >= 4 is 11.8 Å². The van der Waals surface area contributed by atoms with Crippen LogP contribution in [-0.4, -0.2) is 29.8 Å². The second-order valence-electron chi connectivity index (χ2n) is 6.08. The zero-order valence-electron chi connectivity index (χ0n) is 13.8. The molecule has 0 spiro atoms. The van der Waals surface area contributed by atoms with E-state index in [2.05, 4.69) is 5.32 Å². The number of benzene rings is 1. The van der Waals surface area contributed by atoms with Crippen LogP contribution >= 0.6 is 0 Å². The van der Waals surface area contributed by atoms with Gasteiger partial charge in [0.1, 0.15) is 5.82 Å². The summed E-state index contributed by atoms with van der Waals surface area (Å²) in [6.45, 7) is 5.74. The highest BCUT2D eigenvalue weighted by molar-refractivity contribution is 5.92. The Morgan fingerprint density at radius 3 is 2.43 bits per heavy atom. The SMILES string of the molecule is CCCN(CCC)C(=O)C1CC1C(=O)NCc1ccccc1F. The molecule has 0 heterocycles.